The lowest BCUT2D eigenvalue weighted by molar-refractivity contribution is 0.322. The number of hydrogen-bond donors (Lipinski definition) is 2. The SMILES string of the molecule is Cc1cc(C)c(NC(=S)N[C@H]2CCN(C3CC3)C2)c(Cl)c1. The van der Waals surface area contributed by atoms with Crippen LogP contribution in [-0.2, 0) is 0 Å². The van der Waals surface area contributed by atoms with Crippen molar-refractivity contribution in [2.75, 3.05) is 18.4 Å². The van der Waals surface area contributed by atoms with Crippen molar-refractivity contribution in [3.05, 3.63) is 28.3 Å². The van der Waals surface area contributed by atoms with Crippen molar-refractivity contribution in [2.24, 2.45) is 0 Å². The Balaban J connectivity index is 1.57. The molecule has 3 nitrogen and oxygen atoms in total. The fourth-order valence-electron chi connectivity index (χ4n) is 3.09. The van der Waals surface area contributed by atoms with Gasteiger partial charge in [-0.25, -0.2) is 0 Å². The summed E-state index contributed by atoms with van der Waals surface area (Å²) in [5.74, 6) is 0. The summed E-state index contributed by atoms with van der Waals surface area (Å²) in [5, 5.41) is 8.09. The molecule has 21 heavy (non-hydrogen) atoms. The molecule has 3 rings (SSSR count). The third-order valence-corrected chi connectivity index (χ3v) is 4.81. The second kappa shape index (κ2) is 6.11. The summed E-state index contributed by atoms with van der Waals surface area (Å²) < 4.78 is 0. The van der Waals surface area contributed by atoms with Gasteiger partial charge in [-0.1, -0.05) is 17.7 Å². The Morgan fingerprint density at radius 3 is 2.71 bits per heavy atom. The molecular weight excluding hydrogens is 302 g/mol. The molecule has 0 bridgehead atoms. The second-order valence-corrected chi connectivity index (χ2v) is 7.06. The van der Waals surface area contributed by atoms with Gasteiger partial charge >= 0.3 is 0 Å². The molecule has 1 aromatic carbocycles. The van der Waals surface area contributed by atoms with Crippen molar-refractivity contribution in [1.82, 2.24) is 10.2 Å². The minimum Gasteiger partial charge on any atom is -0.358 e. The Bertz CT molecular complexity index is 533. The minimum atomic E-state index is 0.454. The monoisotopic (exact) mass is 323 g/mol. The van der Waals surface area contributed by atoms with E-state index in [4.69, 9.17) is 23.8 Å². The van der Waals surface area contributed by atoms with E-state index in [1.165, 1.54) is 25.8 Å². The van der Waals surface area contributed by atoms with Crippen LogP contribution in [0, 0.1) is 13.8 Å². The van der Waals surface area contributed by atoms with Crippen LogP contribution in [0.25, 0.3) is 0 Å². The van der Waals surface area contributed by atoms with Gasteiger partial charge in [0.25, 0.3) is 0 Å². The molecule has 1 aliphatic heterocycles. The zero-order valence-electron chi connectivity index (χ0n) is 12.6. The van der Waals surface area contributed by atoms with Crippen LogP contribution in [0.15, 0.2) is 12.1 Å². The van der Waals surface area contributed by atoms with Crippen LogP contribution in [0.3, 0.4) is 0 Å². The van der Waals surface area contributed by atoms with Gasteiger partial charge in [-0.2, -0.15) is 0 Å². The van der Waals surface area contributed by atoms with Gasteiger partial charge in [0.2, 0.25) is 0 Å². The lowest BCUT2D eigenvalue weighted by Crippen LogP contribution is -2.40. The lowest BCUT2D eigenvalue weighted by atomic mass is 10.1. The molecule has 0 spiro atoms. The van der Waals surface area contributed by atoms with Crippen LogP contribution >= 0.6 is 23.8 Å². The van der Waals surface area contributed by atoms with E-state index in [-0.39, 0.29) is 0 Å². The lowest BCUT2D eigenvalue weighted by Gasteiger charge is -2.19. The smallest absolute Gasteiger partial charge is 0.171 e. The highest BCUT2D eigenvalue weighted by Gasteiger charge is 2.34. The number of nitrogens with one attached hydrogen (secondary N) is 2. The molecule has 1 saturated heterocycles. The molecule has 1 atom stereocenters. The zero-order valence-corrected chi connectivity index (χ0v) is 14.2. The largest absolute Gasteiger partial charge is 0.358 e. The van der Waals surface area contributed by atoms with Gasteiger partial charge in [-0.05, 0) is 62.5 Å². The van der Waals surface area contributed by atoms with Crippen molar-refractivity contribution < 1.29 is 0 Å². The quantitative estimate of drug-likeness (QED) is 0.833. The van der Waals surface area contributed by atoms with E-state index >= 15 is 0 Å². The summed E-state index contributed by atoms with van der Waals surface area (Å²) in [4.78, 5) is 2.57. The molecule has 114 valence electrons. The third-order valence-electron chi connectivity index (χ3n) is 4.29. The molecule has 2 aliphatic rings. The Hall–Kier alpha value is -0.840. The van der Waals surface area contributed by atoms with Crippen LogP contribution in [-0.4, -0.2) is 35.2 Å². The number of thiocarbonyl (C=S) groups is 1. The zero-order chi connectivity index (χ0) is 15.0. The molecular formula is C16H22ClN3S. The van der Waals surface area contributed by atoms with Gasteiger partial charge in [0.15, 0.2) is 5.11 Å². The number of nitrogens with zero attached hydrogens (tertiary/aromatic N) is 1. The molecule has 0 unspecified atom stereocenters. The first-order valence-corrected chi connectivity index (χ1v) is 8.40. The second-order valence-electron chi connectivity index (χ2n) is 6.25. The van der Waals surface area contributed by atoms with Crippen molar-refractivity contribution in [1.29, 1.82) is 0 Å². The molecule has 2 fully saturated rings. The standard InChI is InChI=1S/C16H22ClN3S/c1-10-7-11(2)15(14(17)8-10)19-16(21)18-12-5-6-20(9-12)13-3-4-13/h7-8,12-13H,3-6,9H2,1-2H3,(H2,18,19,21)/t12-/m0/s1. The molecule has 2 N–H and O–H groups in total. The normalized spacial score (nSPS) is 22.3. The van der Waals surface area contributed by atoms with Crippen LogP contribution in [0.1, 0.15) is 30.4 Å². The van der Waals surface area contributed by atoms with E-state index in [0.717, 1.165) is 34.4 Å². The van der Waals surface area contributed by atoms with Crippen LogP contribution in [0.5, 0.6) is 0 Å². The fraction of sp³-hybridized carbons (Fsp3) is 0.562. The molecule has 1 aliphatic carbocycles. The van der Waals surface area contributed by atoms with Crippen LogP contribution in [0.2, 0.25) is 5.02 Å². The molecule has 1 saturated carbocycles. The maximum atomic E-state index is 6.31. The molecule has 0 amide bonds. The topological polar surface area (TPSA) is 27.3 Å². The van der Waals surface area contributed by atoms with E-state index in [2.05, 4.69) is 21.6 Å². The molecule has 1 heterocycles. The van der Waals surface area contributed by atoms with Crippen molar-refractivity contribution in [2.45, 2.75) is 45.2 Å². The van der Waals surface area contributed by atoms with E-state index in [1.54, 1.807) is 0 Å². The molecule has 0 radical (unpaired) electrons. The van der Waals surface area contributed by atoms with E-state index in [1.807, 2.05) is 19.9 Å². The number of benzene rings is 1. The molecule has 1 aromatic rings. The van der Waals surface area contributed by atoms with Gasteiger partial charge in [0.05, 0.1) is 10.7 Å². The maximum Gasteiger partial charge on any atom is 0.171 e. The average molecular weight is 324 g/mol. The third kappa shape index (κ3) is 3.68. The number of aryl methyl sites for hydroxylation is 2. The Kier molecular flexibility index (Phi) is 4.38. The first-order valence-electron chi connectivity index (χ1n) is 7.61. The Morgan fingerprint density at radius 2 is 2.05 bits per heavy atom. The highest BCUT2D eigenvalue weighted by atomic mass is 35.5. The predicted molar refractivity (Wildman–Crippen MR) is 93.3 cm³/mol. The number of anilines is 1. The number of halogens is 1. The first-order chi connectivity index (χ1) is 10.0. The van der Waals surface area contributed by atoms with Crippen molar-refractivity contribution in [3.63, 3.8) is 0 Å². The van der Waals surface area contributed by atoms with E-state index in [9.17, 15) is 0 Å². The Morgan fingerprint density at radius 1 is 1.29 bits per heavy atom. The summed E-state index contributed by atoms with van der Waals surface area (Å²) in [6, 6.07) is 5.37. The van der Waals surface area contributed by atoms with Gasteiger partial charge in [0.1, 0.15) is 0 Å². The summed E-state index contributed by atoms with van der Waals surface area (Å²) in [5.41, 5.74) is 3.20. The highest BCUT2D eigenvalue weighted by Crippen LogP contribution is 2.30. The highest BCUT2D eigenvalue weighted by molar-refractivity contribution is 7.80. The first kappa shape index (κ1) is 15.1. The predicted octanol–water partition coefficient (Wildman–Crippen LogP) is 3.48. The summed E-state index contributed by atoms with van der Waals surface area (Å²) >= 11 is 11.8. The number of rotatable bonds is 3. The van der Waals surface area contributed by atoms with E-state index < -0.39 is 0 Å². The summed E-state index contributed by atoms with van der Waals surface area (Å²) in [7, 11) is 0. The van der Waals surface area contributed by atoms with Gasteiger partial charge in [-0.3, -0.25) is 4.90 Å². The Labute approximate surface area is 137 Å². The summed E-state index contributed by atoms with van der Waals surface area (Å²) in [6.07, 6.45) is 3.90. The van der Waals surface area contributed by atoms with Crippen molar-refractivity contribution in [3.8, 4) is 0 Å². The van der Waals surface area contributed by atoms with Crippen LogP contribution < -0.4 is 10.6 Å². The van der Waals surface area contributed by atoms with Crippen molar-refractivity contribution >= 4 is 34.6 Å². The average Bonchev–Trinajstić information content (AvgIpc) is 3.15. The molecule has 0 aromatic heterocycles. The fourth-order valence-corrected chi connectivity index (χ4v) is 3.72. The van der Waals surface area contributed by atoms with Gasteiger partial charge in [-0.15, -0.1) is 0 Å². The number of hydrogen-bond acceptors (Lipinski definition) is 2. The van der Waals surface area contributed by atoms with E-state index in [0.29, 0.717) is 11.2 Å². The van der Waals surface area contributed by atoms with Gasteiger partial charge < -0.3 is 10.6 Å². The summed E-state index contributed by atoms with van der Waals surface area (Å²) in [6.45, 7) is 6.39. The van der Waals surface area contributed by atoms with Gasteiger partial charge in [0, 0.05) is 25.2 Å². The number of likely N-dealkylation sites (tertiary alicyclic amines) is 1. The van der Waals surface area contributed by atoms with Crippen LogP contribution in [0.4, 0.5) is 5.69 Å². The molecule has 5 heteroatoms. The minimum absolute atomic E-state index is 0.454. The maximum absolute atomic E-state index is 6.31.